The molecule has 0 atom stereocenters. The summed E-state index contributed by atoms with van der Waals surface area (Å²) >= 11 is 0. The van der Waals surface area contributed by atoms with Crippen molar-refractivity contribution in [2.24, 2.45) is 4.99 Å². The highest BCUT2D eigenvalue weighted by molar-refractivity contribution is 6.03. The minimum absolute atomic E-state index is 0.396. The van der Waals surface area contributed by atoms with E-state index in [2.05, 4.69) is 30.5 Å². The first kappa shape index (κ1) is 25.4. The number of rotatable bonds is 6. The van der Waals surface area contributed by atoms with Gasteiger partial charge in [0, 0.05) is 37.7 Å². The van der Waals surface area contributed by atoms with Crippen LogP contribution in [0.25, 0.3) is 22.4 Å². The number of carbonyl (C=O) groups is 1. The second-order valence-electron chi connectivity index (χ2n) is 8.35. The number of nitrogens with zero attached hydrogens (tertiary/aromatic N) is 6. The van der Waals surface area contributed by atoms with E-state index in [0.29, 0.717) is 29.5 Å². The molecule has 8 nitrogen and oxygen atoms in total. The van der Waals surface area contributed by atoms with Crippen molar-refractivity contribution in [2.75, 3.05) is 19.4 Å². The number of nitrogens with one attached hydrogen (secondary N) is 1. The zero-order chi connectivity index (χ0) is 26.6. The molecule has 37 heavy (non-hydrogen) atoms. The van der Waals surface area contributed by atoms with E-state index in [4.69, 9.17) is 0 Å². The molecule has 3 heterocycles. The Morgan fingerprint density at radius 1 is 1.00 bits per heavy atom. The molecule has 0 fully saturated rings. The van der Waals surface area contributed by atoms with Crippen LogP contribution in [0.2, 0.25) is 0 Å². The number of hydrogen-bond donors (Lipinski definition) is 1. The Morgan fingerprint density at radius 3 is 2.51 bits per heavy atom. The number of amides is 1. The molecule has 188 valence electrons. The molecule has 0 saturated carbocycles. The maximum Gasteiger partial charge on any atom is 0.418 e. The van der Waals surface area contributed by atoms with Gasteiger partial charge in [-0.25, -0.2) is 9.98 Å². The standard InChI is InChI=1S/C26H22F3N7O/c1-16-4-5-20(34-25(37)23-12-19(14-33-35-23)26(27,28)29)13-21(16)17-6-8-30-22(10-17)18-7-9-31-24(11-18)32-15-36(2)3/h4-15H,1-3H3,(H,34,37)/b32-15+. The van der Waals surface area contributed by atoms with Crippen molar-refractivity contribution >= 4 is 23.8 Å². The number of benzene rings is 1. The molecule has 1 N–H and O–H groups in total. The number of halogens is 3. The van der Waals surface area contributed by atoms with E-state index >= 15 is 0 Å². The van der Waals surface area contributed by atoms with Crippen LogP contribution in [-0.4, -0.2) is 51.4 Å². The van der Waals surface area contributed by atoms with Crippen LogP contribution in [0.1, 0.15) is 21.6 Å². The average Bonchev–Trinajstić information content (AvgIpc) is 2.88. The van der Waals surface area contributed by atoms with Gasteiger partial charge in [0.1, 0.15) is 0 Å². The molecule has 0 bridgehead atoms. The van der Waals surface area contributed by atoms with Gasteiger partial charge in [-0.3, -0.25) is 9.78 Å². The van der Waals surface area contributed by atoms with Gasteiger partial charge in [0.25, 0.3) is 5.91 Å². The Hall–Kier alpha value is -4.67. The van der Waals surface area contributed by atoms with Crippen LogP contribution in [0.3, 0.4) is 0 Å². The lowest BCUT2D eigenvalue weighted by atomic mass is 9.99. The zero-order valence-electron chi connectivity index (χ0n) is 20.2. The molecular weight excluding hydrogens is 483 g/mol. The smallest absolute Gasteiger partial charge is 0.369 e. The lowest BCUT2D eigenvalue weighted by Crippen LogP contribution is -2.16. The first-order valence-corrected chi connectivity index (χ1v) is 11.1. The quantitative estimate of drug-likeness (QED) is 0.278. The van der Waals surface area contributed by atoms with Gasteiger partial charge in [-0.1, -0.05) is 6.07 Å². The number of aryl methyl sites for hydroxylation is 1. The molecule has 11 heteroatoms. The fourth-order valence-electron chi connectivity index (χ4n) is 3.42. The SMILES string of the molecule is Cc1ccc(NC(=O)c2cc(C(F)(F)F)cnn2)cc1-c1ccnc(-c2ccnc(/N=C/N(C)C)c2)c1. The molecule has 0 spiro atoms. The van der Waals surface area contributed by atoms with Crippen LogP contribution in [0.4, 0.5) is 24.7 Å². The molecule has 1 amide bonds. The third-order valence-corrected chi connectivity index (χ3v) is 5.24. The summed E-state index contributed by atoms with van der Waals surface area (Å²) < 4.78 is 38.9. The summed E-state index contributed by atoms with van der Waals surface area (Å²) in [6, 6.07) is 13.3. The number of aromatic nitrogens is 4. The Morgan fingerprint density at radius 2 is 1.76 bits per heavy atom. The minimum Gasteiger partial charge on any atom is -0.369 e. The number of hydrogen-bond acceptors (Lipinski definition) is 6. The van der Waals surface area contributed by atoms with E-state index < -0.39 is 23.3 Å². The molecule has 1 aromatic carbocycles. The number of aliphatic imine (C=N–C) groups is 1. The summed E-state index contributed by atoms with van der Waals surface area (Å²) in [6.07, 6.45) is 0.933. The molecule has 0 radical (unpaired) electrons. The summed E-state index contributed by atoms with van der Waals surface area (Å²) in [5.74, 6) is -0.261. The largest absolute Gasteiger partial charge is 0.418 e. The van der Waals surface area contributed by atoms with Gasteiger partial charge in [0.2, 0.25) is 0 Å². The fourth-order valence-corrected chi connectivity index (χ4v) is 3.42. The maximum absolute atomic E-state index is 13.0. The second-order valence-corrected chi connectivity index (χ2v) is 8.35. The highest BCUT2D eigenvalue weighted by Gasteiger charge is 2.32. The maximum atomic E-state index is 13.0. The van der Waals surface area contributed by atoms with Crippen molar-refractivity contribution in [1.29, 1.82) is 0 Å². The van der Waals surface area contributed by atoms with Gasteiger partial charge in [0.05, 0.1) is 23.8 Å². The monoisotopic (exact) mass is 505 g/mol. The van der Waals surface area contributed by atoms with E-state index in [1.807, 2.05) is 51.4 Å². The molecule has 0 unspecified atom stereocenters. The first-order chi connectivity index (χ1) is 17.6. The molecule has 0 aliphatic heterocycles. The topological polar surface area (TPSA) is 96.3 Å². The predicted octanol–water partition coefficient (Wildman–Crippen LogP) is 5.40. The Kier molecular flexibility index (Phi) is 7.23. The van der Waals surface area contributed by atoms with Crippen LogP contribution in [-0.2, 0) is 6.18 Å². The van der Waals surface area contributed by atoms with E-state index in [1.165, 1.54) is 0 Å². The van der Waals surface area contributed by atoms with Gasteiger partial charge in [-0.05, 0) is 66.1 Å². The molecule has 0 saturated heterocycles. The van der Waals surface area contributed by atoms with Crippen molar-refractivity contribution in [3.05, 3.63) is 83.9 Å². The normalized spacial score (nSPS) is 11.5. The molecule has 0 aliphatic rings. The predicted molar refractivity (Wildman–Crippen MR) is 134 cm³/mol. The fraction of sp³-hybridized carbons (Fsp3) is 0.154. The number of carbonyl (C=O) groups excluding carboxylic acids is 1. The third kappa shape index (κ3) is 6.31. The summed E-state index contributed by atoms with van der Waals surface area (Å²) in [4.78, 5) is 27.4. The van der Waals surface area contributed by atoms with Crippen molar-refractivity contribution in [3.63, 3.8) is 0 Å². The molecule has 4 aromatic rings. The number of alkyl halides is 3. The van der Waals surface area contributed by atoms with Crippen LogP contribution in [0, 0.1) is 6.92 Å². The second kappa shape index (κ2) is 10.5. The first-order valence-electron chi connectivity index (χ1n) is 11.1. The third-order valence-electron chi connectivity index (χ3n) is 5.24. The minimum atomic E-state index is -4.63. The highest BCUT2D eigenvalue weighted by Crippen LogP contribution is 2.31. The van der Waals surface area contributed by atoms with E-state index in [9.17, 15) is 18.0 Å². The van der Waals surface area contributed by atoms with Crippen molar-refractivity contribution in [2.45, 2.75) is 13.1 Å². The Labute approximate surface area is 211 Å². The molecule has 0 aliphatic carbocycles. The van der Waals surface area contributed by atoms with E-state index in [1.54, 1.807) is 35.8 Å². The van der Waals surface area contributed by atoms with Gasteiger partial charge in [-0.15, -0.1) is 5.10 Å². The Bertz CT molecular complexity index is 1470. The van der Waals surface area contributed by atoms with Crippen molar-refractivity contribution in [3.8, 4) is 22.4 Å². The molecular formula is C26H22F3N7O. The average molecular weight is 506 g/mol. The van der Waals surface area contributed by atoms with Crippen molar-refractivity contribution < 1.29 is 18.0 Å². The number of anilines is 1. The molecule has 3 aromatic heterocycles. The summed E-state index contributed by atoms with van der Waals surface area (Å²) in [7, 11) is 3.73. The highest BCUT2D eigenvalue weighted by atomic mass is 19.4. The van der Waals surface area contributed by atoms with Gasteiger partial charge < -0.3 is 10.2 Å². The van der Waals surface area contributed by atoms with Crippen LogP contribution in [0.5, 0.6) is 0 Å². The van der Waals surface area contributed by atoms with Gasteiger partial charge in [-0.2, -0.15) is 18.3 Å². The summed E-state index contributed by atoms with van der Waals surface area (Å²) in [5, 5.41) is 9.44. The van der Waals surface area contributed by atoms with Gasteiger partial charge >= 0.3 is 6.18 Å². The van der Waals surface area contributed by atoms with Crippen LogP contribution in [0.15, 0.2) is 72.1 Å². The van der Waals surface area contributed by atoms with Crippen molar-refractivity contribution in [1.82, 2.24) is 25.1 Å². The lowest BCUT2D eigenvalue weighted by molar-refractivity contribution is -0.137. The van der Waals surface area contributed by atoms with Crippen LogP contribution < -0.4 is 5.32 Å². The van der Waals surface area contributed by atoms with E-state index in [-0.39, 0.29) is 0 Å². The summed E-state index contributed by atoms with van der Waals surface area (Å²) in [6.45, 7) is 1.92. The van der Waals surface area contributed by atoms with E-state index in [0.717, 1.165) is 22.3 Å². The zero-order valence-corrected chi connectivity index (χ0v) is 20.2. The van der Waals surface area contributed by atoms with Gasteiger partial charge in [0.15, 0.2) is 11.5 Å². The Balaban J connectivity index is 1.61. The molecule has 4 rings (SSSR count). The number of pyridine rings is 2. The lowest BCUT2D eigenvalue weighted by Gasteiger charge is -2.12. The van der Waals surface area contributed by atoms with Crippen LogP contribution >= 0.6 is 0 Å². The summed E-state index contributed by atoms with van der Waals surface area (Å²) in [5.41, 5.74) is 3.03.